The Morgan fingerprint density at radius 2 is 1.86 bits per heavy atom. The van der Waals surface area contributed by atoms with Crippen molar-refractivity contribution in [2.75, 3.05) is 23.3 Å². The molecule has 1 aromatic heterocycles. The fraction of sp³-hybridized carbons (Fsp3) is 0.286. The molecule has 1 saturated heterocycles. The van der Waals surface area contributed by atoms with Gasteiger partial charge in [-0.15, -0.1) is 0 Å². The number of carbonyl (C=O) groups excluding carboxylic acids is 2. The predicted octanol–water partition coefficient (Wildman–Crippen LogP) is 2.75. The summed E-state index contributed by atoms with van der Waals surface area (Å²) in [5.41, 5.74) is 2.50. The van der Waals surface area contributed by atoms with Gasteiger partial charge in [0, 0.05) is 47.0 Å². The highest BCUT2D eigenvalue weighted by Crippen LogP contribution is 2.27. The van der Waals surface area contributed by atoms with Gasteiger partial charge in [0.25, 0.3) is 11.8 Å². The van der Waals surface area contributed by atoms with E-state index in [-0.39, 0.29) is 0 Å². The standard InChI is InChI=1S/C21H22BrN5O2/c1-12-10-27(11-13(2)25-12)15-4-6-19(23-8-15)24-9-18-17-7-14(22)3-5-16(17)20(28)26-21(18)29/h3-9,12-13,25H,10-11H2,1-2H3,(H,23,24)(H,26,28,29)/t12-,13+. The van der Waals surface area contributed by atoms with Crippen LogP contribution in [0, 0.1) is 0 Å². The third kappa shape index (κ3) is 4.18. The van der Waals surface area contributed by atoms with Crippen LogP contribution in [0.15, 0.2) is 47.2 Å². The summed E-state index contributed by atoms with van der Waals surface area (Å²) in [4.78, 5) is 31.2. The predicted molar refractivity (Wildman–Crippen MR) is 117 cm³/mol. The smallest absolute Gasteiger partial charge is 0.260 e. The normalized spacial score (nSPS) is 23.0. The summed E-state index contributed by atoms with van der Waals surface area (Å²) < 4.78 is 0.798. The Labute approximate surface area is 177 Å². The van der Waals surface area contributed by atoms with E-state index in [1.807, 2.05) is 18.3 Å². The molecule has 0 bridgehead atoms. The summed E-state index contributed by atoms with van der Waals surface area (Å²) in [6.45, 7) is 6.22. The molecule has 1 aromatic carbocycles. The SMILES string of the molecule is C[C@@H]1CN(c2ccc(NC=C3C(=O)NC(=O)c4ccc(Br)cc43)nc2)C[C@H](C)N1. The van der Waals surface area contributed by atoms with Gasteiger partial charge in [-0.05, 0) is 44.2 Å². The number of anilines is 2. The van der Waals surface area contributed by atoms with Crippen LogP contribution in [-0.2, 0) is 4.79 Å². The first-order valence-corrected chi connectivity index (χ1v) is 10.3. The average molecular weight is 456 g/mol. The van der Waals surface area contributed by atoms with Gasteiger partial charge < -0.3 is 15.5 Å². The molecule has 150 valence electrons. The van der Waals surface area contributed by atoms with Crippen LogP contribution in [0.1, 0.15) is 29.8 Å². The third-order valence-electron chi connectivity index (χ3n) is 5.02. The van der Waals surface area contributed by atoms with Gasteiger partial charge in [0.1, 0.15) is 5.82 Å². The van der Waals surface area contributed by atoms with Crippen molar-refractivity contribution in [1.29, 1.82) is 0 Å². The number of nitrogens with zero attached hydrogens (tertiary/aromatic N) is 2. The monoisotopic (exact) mass is 455 g/mol. The number of imide groups is 1. The molecule has 3 heterocycles. The van der Waals surface area contributed by atoms with E-state index in [2.05, 4.69) is 55.6 Å². The summed E-state index contributed by atoms with van der Waals surface area (Å²) in [5, 5.41) is 8.96. The number of nitrogens with one attached hydrogen (secondary N) is 3. The number of hydrogen-bond acceptors (Lipinski definition) is 6. The number of halogens is 1. The number of fused-ring (bicyclic) bond motifs is 1. The van der Waals surface area contributed by atoms with Crippen molar-refractivity contribution in [3.05, 3.63) is 58.3 Å². The van der Waals surface area contributed by atoms with E-state index in [0.29, 0.717) is 34.6 Å². The van der Waals surface area contributed by atoms with Gasteiger partial charge in [0.05, 0.1) is 17.5 Å². The maximum absolute atomic E-state index is 12.3. The molecule has 0 saturated carbocycles. The van der Waals surface area contributed by atoms with Crippen molar-refractivity contribution in [1.82, 2.24) is 15.6 Å². The van der Waals surface area contributed by atoms with Crippen molar-refractivity contribution >= 4 is 44.8 Å². The van der Waals surface area contributed by atoms with Crippen LogP contribution in [0.2, 0.25) is 0 Å². The number of piperazine rings is 1. The highest BCUT2D eigenvalue weighted by atomic mass is 79.9. The zero-order chi connectivity index (χ0) is 20.5. The minimum Gasteiger partial charge on any atom is -0.367 e. The van der Waals surface area contributed by atoms with Crippen molar-refractivity contribution < 1.29 is 9.59 Å². The second kappa shape index (κ2) is 7.96. The van der Waals surface area contributed by atoms with Gasteiger partial charge in [-0.3, -0.25) is 14.9 Å². The Kier molecular flexibility index (Phi) is 5.38. The van der Waals surface area contributed by atoms with Crippen molar-refractivity contribution in [2.24, 2.45) is 0 Å². The van der Waals surface area contributed by atoms with Crippen molar-refractivity contribution in [3.63, 3.8) is 0 Å². The van der Waals surface area contributed by atoms with Gasteiger partial charge >= 0.3 is 0 Å². The molecule has 1 fully saturated rings. The van der Waals surface area contributed by atoms with Crippen LogP contribution in [0.4, 0.5) is 11.5 Å². The molecule has 8 heteroatoms. The topological polar surface area (TPSA) is 86.4 Å². The van der Waals surface area contributed by atoms with E-state index in [0.717, 1.165) is 23.2 Å². The number of rotatable bonds is 3. The van der Waals surface area contributed by atoms with E-state index >= 15 is 0 Å². The van der Waals surface area contributed by atoms with Gasteiger partial charge in [-0.1, -0.05) is 15.9 Å². The molecule has 0 spiro atoms. The summed E-state index contributed by atoms with van der Waals surface area (Å²) in [6, 6.07) is 9.99. The number of carbonyl (C=O) groups is 2. The number of pyridine rings is 1. The first kappa shape index (κ1) is 19.6. The largest absolute Gasteiger partial charge is 0.367 e. The molecule has 2 aliphatic rings. The minimum atomic E-state index is -0.437. The lowest BCUT2D eigenvalue weighted by atomic mass is 9.96. The fourth-order valence-corrected chi connectivity index (χ4v) is 4.14. The molecule has 3 N–H and O–H groups in total. The van der Waals surface area contributed by atoms with E-state index in [1.54, 1.807) is 24.4 Å². The molecule has 7 nitrogen and oxygen atoms in total. The zero-order valence-electron chi connectivity index (χ0n) is 16.2. The molecule has 4 rings (SSSR count). The van der Waals surface area contributed by atoms with E-state index in [4.69, 9.17) is 0 Å². The van der Waals surface area contributed by atoms with Crippen molar-refractivity contribution in [3.8, 4) is 0 Å². The maximum atomic E-state index is 12.3. The Morgan fingerprint density at radius 1 is 1.10 bits per heavy atom. The number of benzene rings is 1. The molecule has 0 aliphatic carbocycles. The van der Waals surface area contributed by atoms with E-state index < -0.39 is 11.8 Å². The second-order valence-corrected chi connectivity index (χ2v) is 8.37. The lowest BCUT2D eigenvalue weighted by Crippen LogP contribution is -2.54. The van der Waals surface area contributed by atoms with E-state index in [1.165, 1.54) is 0 Å². The zero-order valence-corrected chi connectivity index (χ0v) is 17.8. The molecule has 29 heavy (non-hydrogen) atoms. The molecular formula is C21H22BrN5O2. The summed E-state index contributed by atoms with van der Waals surface area (Å²) in [7, 11) is 0. The number of aromatic nitrogens is 1. The van der Waals surface area contributed by atoms with Crippen LogP contribution in [0.5, 0.6) is 0 Å². The Bertz CT molecular complexity index is 979. The molecule has 2 atom stereocenters. The minimum absolute atomic E-state index is 0.386. The van der Waals surface area contributed by atoms with Gasteiger partial charge in [0.2, 0.25) is 0 Å². The first-order valence-electron chi connectivity index (χ1n) is 9.50. The van der Waals surface area contributed by atoms with Crippen LogP contribution >= 0.6 is 15.9 Å². The summed E-state index contributed by atoms with van der Waals surface area (Å²) >= 11 is 3.40. The lowest BCUT2D eigenvalue weighted by molar-refractivity contribution is -0.114. The Morgan fingerprint density at radius 3 is 2.55 bits per heavy atom. The number of hydrogen-bond donors (Lipinski definition) is 3. The number of amides is 2. The maximum Gasteiger partial charge on any atom is 0.260 e. The van der Waals surface area contributed by atoms with Gasteiger partial charge in [-0.2, -0.15) is 0 Å². The van der Waals surface area contributed by atoms with Crippen LogP contribution in [0.25, 0.3) is 5.57 Å². The summed E-state index contributed by atoms with van der Waals surface area (Å²) in [6.07, 6.45) is 3.42. The van der Waals surface area contributed by atoms with Gasteiger partial charge in [0.15, 0.2) is 0 Å². The highest BCUT2D eigenvalue weighted by molar-refractivity contribution is 9.10. The molecule has 2 aromatic rings. The van der Waals surface area contributed by atoms with Crippen LogP contribution < -0.4 is 20.9 Å². The Balaban J connectivity index is 1.54. The summed E-state index contributed by atoms with van der Waals surface area (Å²) in [5.74, 6) is -0.205. The van der Waals surface area contributed by atoms with Crippen molar-refractivity contribution in [2.45, 2.75) is 25.9 Å². The second-order valence-electron chi connectivity index (χ2n) is 7.45. The quantitative estimate of drug-likeness (QED) is 0.487. The lowest BCUT2D eigenvalue weighted by Gasteiger charge is -2.37. The average Bonchev–Trinajstić information content (AvgIpc) is 2.67. The molecular weight excluding hydrogens is 434 g/mol. The molecule has 0 radical (unpaired) electrons. The fourth-order valence-electron chi connectivity index (χ4n) is 3.78. The van der Waals surface area contributed by atoms with Gasteiger partial charge in [-0.25, -0.2) is 4.98 Å². The molecule has 2 amide bonds. The van der Waals surface area contributed by atoms with Crippen LogP contribution in [0.3, 0.4) is 0 Å². The Hall–Kier alpha value is -2.71. The molecule has 2 aliphatic heterocycles. The highest BCUT2D eigenvalue weighted by Gasteiger charge is 2.27. The molecule has 0 unspecified atom stereocenters. The third-order valence-corrected chi connectivity index (χ3v) is 5.52. The first-order chi connectivity index (χ1) is 13.9. The van der Waals surface area contributed by atoms with E-state index in [9.17, 15) is 9.59 Å². The van der Waals surface area contributed by atoms with Crippen LogP contribution in [-0.4, -0.2) is 42.0 Å².